The minimum Gasteiger partial charge on any atom is -0.496 e. The van der Waals surface area contributed by atoms with Gasteiger partial charge in [-0.3, -0.25) is 4.79 Å². The van der Waals surface area contributed by atoms with Gasteiger partial charge in [-0.2, -0.15) is 0 Å². The molecule has 154 valence electrons. The number of ether oxygens (including phenoxy) is 3. The second kappa shape index (κ2) is 8.91. The Kier molecular flexibility index (Phi) is 5.89. The molecular weight excluding hydrogens is 378 g/mol. The zero-order valence-corrected chi connectivity index (χ0v) is 17.3. The first-order chi connectivity index (χ1) is 14.7. The van der Waals surface area contributed by atoms with Gasteiger partial charge in [-0.1, -0.05) is 48.5 Å². The van der Waals surface area contributed by atoms with Crippen molar-refractivity contribution in [1.82, 2.24) is 0 Å². The van der Waals surface area contributed by atoms with Gasteiger partial charge in [0.15, 0.2) is 11.5 Å². The van der Waals surface area contributed by atoms with Crippen molar-refractivity contribution in [3.05, 3.63) is 83.4 Å². The SMILES string of the molecule is COc1ccccc1CN1C(=O)CCc2cc(OCc3ccccc3)c(OC)cc21. The molecule has 5 heteroatoms. The first-order valence-electron chi connectivity index (χ1n) is 9.99. The van der Waals surface area contributed by atoms with E-state index in [2.05, 4.69) is 0 Å². The average molecular weight is 403 g/mol. The van der Waals surface area contributed by atoms with E-state index in [1.165, 1.54) is 0 Å². The predicted molar refractivity (Wildman–Crippen MR) is 116 cm³/mol. The third-order valence-corrected chi connectivity index (χ3v) is 5.32. The van der Waals surface area contributed by atoms with Crippen molar-refractivity contribution >= 4 is 11.6 Å². The third kappa shape index (κ3) is 4.10. The number of aryl methyl sites for hydroxylation is 1. The number of hydrogen-bond acceptors (Lipinski definition) is 4. The lowest BCUT2D eigenvalue weighted by Crippen LogP contribution is -2.34. The number of hydrogen-bond donors (Lipinski definition) is 0. The molecule has 0 saturated carbocycles. The van der Waals surface area contributed by atoms with Crippen molar-refractivity contribution in [2.75, 3.05) is 19.1 Å². The van der Waals surface area contributed by atoms with Gasteiger partial charge in [-0.15, -0.1) is 0 Å². The van der Waals surface area contributed by atoms with Gasteiger partial charge in [0.25, 0.3) is 0 Å². The van der Waals surface area contributed by atoms with Crippen LogP contribution in [0.15, 0.2) is 66.7 Å². The van der Waals surface area contributed by atoms with Crippen LogP contribution >= 0.6 is 0 Å². The van der Waals surface area contributed by atoms with Gasteiger partial charge in [0.1, 0.15) is 12.4 Å². The second-order valence-corrected chi connectivity index (χ2v) is 7.20. The molecule has 5 nitrogen and oxygen atoms in total. The highest BCUT2D eigenvalue weighted by atomic mass is 16.5. The lowest BCUT2D eigenvalue weighted by molar-refractivity contribution is -0.119. The molecule has 0 spiro atoms. The number of carbonyl (C=O) groups excluding carboxylic acids is 1. The molecule has 3 aromatic rings. The lowest BCUT2D eigenvalue weighted by atomic mass is 9.99. The number of benzene rings is 3. The Morgan fingerprint density at radius 2 is 1.57 bits per heavy atom. The van der Waals surface area contributed by atoms with Gasteiger partial charge in [0.2, 0.25) is 5.91 Å². The number of carbonyl (C=O) groups is 1. The zero-order chi connectivity index (χ0) is 20.9. The van der Waals surface area contributed by atoms with E-state index >= 15 is 0 Å². The summed E-state index contributed by atoms with van der Waals surface area (Å²) in [6.07, 6.45) is 1.15. The van der Waals surface area contributed by atoms with Gasteiger partial charge in [0.05, 0.1) is 26.5 Å². The van der Waals surface area contributed by atoms with Crippen LogP contribution < -0.4 is 19.1 Å². The van der Waals surface area contributed by atoms with Crippen molar-refractivity contribution < 1.29 is 19.0 Å². The maximum absolute atomic E-state index is 12.8. The summed E-state index contributed by atoms with van der Waals surface area (Å²) in [7, 11) is 3.26. The van der Waals surface area contributed by atoms with E-state index in [1.54, 1.807) is 19.1 Å². The molecular formula is C25H25NO4. The number of para-hydroxylation sites is 1. The van der Waals surface area contributed by atoms with E-state index in [4.69, 9.17) is 14.2 Å². The average Bonchev–Trinajstić information content (AvgIpc) is 2.80. The molecule has 3 aromatic carbocycles. The summed E-state index contributed by atoms with van der Waals surface area (Å²) in [6.45, 7) is 0.906. The van der Waals surface area contributed by atoms with E-state index < -0.39 is 0 Å². The molecule has 0 bridgehead atoms. The molecule has 0 radical (unpaired) electrons. The van der Waals surface area contributed by atoms with Gasteiger partial charge >= 0.3 is 0 Å². The van der Waals surface area contributed by atoms with Crippen molar-refractivity contribution in [3.8, 4) is 17.2 Å². The summed E-state index contributed by atoms with van der Waals surface area (Å²) < 4.78 is 17.1. The Morgan fingerprint density at radius 3 is 2.33 bits per heavy atom. The van der Waals surface area contributed by atoms with E-state index in [-0.39, 0.29) is 5.91 Å². The molecule has 1 heterocycles. The summed E-state index contributed by atoms with van der Waals surface area (Å²) >= 11 is 0. The fourth-order valence-electron chi connectivity index (χ4n) is 3.74. The van der Waals surface area contributed by atoms with Crippen LogP contribution in [0.5, 0.6) is 17.2 Å². The molecule has 0 atom stereocenters. The number of rotatable bonds is 7. The third-order valence-electron chi connectivity index (χ3n) is 5.32. The number of fused-ring (bicyclic) bond motifs is 1. The van der Waals surface area contributed by atoms with E-state index in [9.17, 15) is 4.79 Å². The Balaban J connectivity index is 1.63. The molecule has 0 aliphatic carbocycles. The number of amides is 1. The van der Waals surface area contributed by atoms with Crippen LogP contribution in [0.25, 0.3) is 0 Å². The van der Waals surface area contributed by atoms with Crippen molar-refractivity contribution in [1.29, 1.82) is 0 Å². The molecule has 1 aliphatic rings. The van der Waals surface area contributed by atoms with Gasteiger partial charge in [0, 0.05) is 18.1 Å². The molecule has 0 N–H and O–H groups in total. The monoisotopic (exact) mass is 403 g/mol. The van der Waals surface area contributed by atoms with Gasteiger partial charge in [-0.25, -0.2) is 0 Å². The first kappa shape index (κ1) is 19.8. The normalized spacial score (nSPS) is 13.0. The highest BCUT2D eigenvalue weighted by molar-refractivity contribution is 5.97. The summed E-state index contributed by atoms with van der Waals surface area (Å²) in [6, 6.07) is 21.7. The minimum atomic E-state index is 0.0911. The number of methoxy groups -OCH3 is 2. The summed E-state index contributed by atoms with van der Waals surface area (Å²) in [5, 5.41) is 0. The van der Waals surface area contributed by atoms with Crippen LogP contribution in [0.3, 0.4) is 0 Å². The maximum atomic E-state index is 12.8. The van der Waals surface area contributed by atoms with E-state index in [0.717, 1.165) is 28.1 Å². The molecule has 0 aromatic heterocycles. The van der Waals surface area contributed by atoms with Crippen LogP contribution in [-0.4, -0.2) is 20.1 Å². The predicted octanol–water partition coefficient (Wildman–Crippen LogP) is 4.76. The topological polar surface area (TPSA) is 48.0 Å². The van der Waals surface area contributed by atoms with Crippen molar-refractivity contribution in [2.45, 2.75) is 26.0 Å². The Hall–Kier alpha value is -3.47. The molecule has 1 aliphatic heterocycles. The number of anilines is 1. The largest absolute Gasteiger partial charge is 0.496 e. The molecule has 0 fully saturated rings. The summed E-state index contributed by atoms with van der Waals surface area (Å²) in [5.74, 6) is 2.16. The van der Waals surface area contributed by atoms with Crippen LogP contribution in [0.1, 0.15) is 23.1 Å². The van der Waals surface area contributed by atoms with Crippen LogP contribution in [0, 0.1) is 0 Å². The van der Waals surface area contributed by atoms with Crippen LogP contribution in [0.4, 0.5) is 5.69 Å². The zero-order valence-electron chi connectivity index (χ0n) is 17.3. The highest BCUT2D eigenvalue weighted by Gasteiger charge is 2.27. The van der Waals surface area contributed by atoms with Crippen LogP contribution in [0.2, 0.25) is 0 Å². The van der Waals surface area contributed by atoms with Crippen molar-refractivity contribution in [3.63, 3.8) is 0 Å². The first-order valence-corrected chi connectivity index (χ1v) is 9.99. The lowest BCUT2D eigenvalue weighted by Gasteiger charge is -2.31. The van der Waals surface area contributed by atoms with Gasteiger partial charge < -0.3 is 19.1 Å². The molecule has 4 rings (SSSR count). The second-order valence-electron chi connectivity index (χ2n) is 7.20. The molecule has 1 amide bonds. The van der Waals surface area contributed by atoms with E-state index in [0.29, 0.717) is 37.5 Å². The fraction of sp³-hybridized carbons (Fsp3) is 0.240. The van der Waals surface area contributed by atoms with Gasteiger partial charge in [-0.05, 0) is 29.7 Å². The fourth-order valence-corrected chi connectivity index (χ4v) is 3.74. The molecule has 0 saturated heterocycles. The standard InChI is InChI=1S/C25H25NO4/c1-28-22-11-7-6-10-20(22)16-26-21-15-23(29-2)24(14-19(21)12-13-25(26)27)30-17-18-8-4-3-5-9-18/h3-11,14-15H,12-13,16-17H2,1-2H3. The summed E-state index contributed by atoms with van der Waals surface area (Å²) in [4.78, 5) is 14.6. The van der Waals surface area contributed by atoms with Crippen molar-refractivity contribution in [2.24, 2.45) is 0 Å². The molecule has 30 heavy (non-hydrogen) atoms. The summed E-state index contributed by atoms with van der Waals surface area (Å²) in [5.41, 5.74) is 3.99. The smallest absolute Gasteiger partial charge is 0.227 e. The number of nitrogens with zero attached hydrogens (tertiary/aromatic N) is 1. The Morgan fingerprint density at radius 1 is 0.833 bits per heavy atom. The molecule has 0 unspecified atom stereocenters. The quantitative estimate of drug-likeness (QED) is 0.571. The Bertz CT molecular complexity index is 1030. The minimum absolute atomic E-state index is 0.0911. The Labute approximate surface area is 176 Å². The van der Waals surface area contributed by atoms with E-state index in [1.807, 2.05) is 66.7 Å². The van der Waals surface area contributed by atoms with Crippen LogP contribution in [-0.2, 0) is 24.4 Å². The maximum Gasteiger partial charge on any atom is 0.227 e. The highest BCUT2D eigenvalue weighted by Crippen LogP contribution is 2.39.